The smallest absolute Gasteiger partial charge is 0.0725 e. The minimum absolute atomic E-state index is 0.493. The van der Waals surface area contributed by atoms with Gasteiger partial charge in [0, 0.05) is 0 Å². The zero-order chi connectivity index (χ0) is 6.81. The van der Waals surface area contributed by atoms with Gasteiger partial charge in [0.2, 0.25) is 0 Å². The molecule has 2 saturated heterocycles. The Bertz CT molecular complexity index is 106. The first-order valence-corrected chi connectivity index (χ1v) is 4.82. The van der Waals surface area contributed by atoms with E-state index in [9.17, 15) is 0 Å². The van der Waals surface area contributed by atoms with Crippen LogP contribution in [0.3, 0.4) is 0 Å². The number of hydrogen-bond donors (Lipinski definition) is 0. The van der Waals surface area contributed by atoms with Crippen LogP contribution in [0.25, 0.3) is 0 Å². The summed E-state index contributed by atoms with van der Waals surface area (Å²) in [6.45, 7) is 2.48. The van der Waals surface area contributed by atoms with E-state index in [1.165, 1.54) is 12.2 Å². The van der Waals surface area contributed by atoms with E-state index in [1.54, 1.807) is 0 Å². The van der Waals surface area contributed by atoms with Gasteiger partial charge in [0.25, 0.3) is 0 Å². The first-order valence-electron chi connectivity index (χ1n) is 3.78. The highest BCUT2D eigenvalue weighted by atomic mass is 32.2. The zero-order valence-corrected chi connectivity index (χ0v) is 6.73. The van der Waals surface area contributed by atoms with Gasteiger partial charge in [-0.2, -0.15) is 11.8 Å². The fourth-order valence-electron chi connectivity index (χ4n) is 1.43. The zero-order valence-electron chi connectivity index (χ0n) is 5.91. The Labute approximate surface area is 65.3 Å². The lowest BCUT2D eigenvalue weighted by atomic mass is 10.2. The molecule has 0 aromatic heterocycles. The molecule has 3 heteroatoms. The van der Waals surface area contributed by atoms with Crippen LogP contribution in [0.4, 0.5) is 0 Å². The quantitative estimate of drug-likeness (QED) is 0.524. The van der Waals surface area contributed by atoms with E-state index in [0.717, 1.165) is 19.8 Å². The Morgan fingerprint density at radius 2 is 2.30 bits per heavy atom. The largest absolute Gasteiger partial charge is 0.378 e. The Morgan fingerprint density at radius 1 is 1.30 bits per heavy atom. The molecule has 2 atom stereocenters. The number of thioether (sulfide) groups is 1. The highest BCUT2D eigenvalue weighted by molar-refractivity contribution is 8.00. The van der Waals surface area contributed by atoms with Crippen molar-refractivity contribution in [3.63, 3.8) is 0 Å². The first kappa shape index (κ1) is 6.95. The Kier molecular flexibility index (Phi) is 2.16. The molecule has 2 unspecified atom stereocenters. The monoisotopic (exact) mass is 160 g/mol. The van der Waals surface area contributed by atoms with Crippen molar-refractivity contribution in [3.05, 3.63) is 0 Å². The van der Waals surface area contributed by atoms with Gasteiger partial charge >= 0.3 is 0 Å². The van der Waals surface area contributed by atoms with Crippen LogP contribution in [0, 0.1) is 0 Å². The minimum atomic E-state index is 0.493. The third-order valence-electron chi connectivity index (χ3n) is 1.99. The SMILES string of the molecule is C1COC2CCSC2CO1. The third-order valence-corrected chi connectivity index (χ3v) is 3.33. The highest BCUT2D eigenvalue weighted by Crippen LogP contribution is 2.30. The standard InChI is InChI=1S/C7H12O2S/c1-4-10-7-5-8-2-3-9-6(1)7/h6-7H,1-5H2. The Morgan fingerprint density at radius 3 is 3.30 bits per heavy atom. The highest BCUT2D eigenvalue weighted by Gasteiger charge is 2.30. The maximum absolute atomic E-state index is 5.58. The molecular weight excluding hydrogens is 148 g/mol. The third kappa shape index (κ3) is 1.31. The van der Waals surface area contributed by atoms with Crippen molar-refractivity contribution in [1.29, 1.82) is 0 Å². The Hall–Kier alpha value is 0.270. The van der Waals surface area contributed by atoms with Gasteiger partial charge in [-0.1, -0.05) is 0 Å². The average molecular weight is 160 g/mol. The molecule has 2 aliphatic heterocycles. The second-order valence-electron chi connectivity index (χ2n) is 2.68. The lowest BCUT2D eigenvalue weighted by molar-refractivity contribution is 0.0568. The van der Waals surface area contributed by atoms with Gasteiger partial charge in [0.05, 0.1) is 31.2 Å². The summed E-state index contributed by atoms with van der Waals surface area (Å²) in [5, 5.41) is 0.627. The van der Waals surface area contributed by atoms with Crippen molar-refractivity contribution in [2.45, 2.75) is 17.8 Å². The van der Waals surface area contributed by atoms with Gasteiger partial charge in [0.15, 0.2) is 0 Å². The normalized spacial score (nSPS) is 40.8. The van der Waals surface area contributed by atoms with E-state index in [0.29, 0.717) is 11.4 Å². The molecule has 0 aromatic carbocycles. The van der Waals surface area contributed by atoms with Crippen LogP contribution in [0.15, 0.2) is 0 Å². The maximum Gasteiger partial charge on any atom is 0.0725 e. The Balaban J connectivity index is 1.95. The molecule has 2 rings (SSSR count). The predicted molar refractivity (Wildman–Crippen MR) is 41.4 cm³/mol. The van der Waals surface area contributed by atoms with Gasteiger partial charge in [-0.3, -0.25) is 0 Å². The van der Waals surface area contributed by atoms with Crippen LogP contribution < -0.4 is 0 Å². The molecule has 0 saturated carbocycles. The number of rotatable bonds is 0. The van der Waals surface area contributed by atoms with Gasteiger partial charge in [-0.15, -0.1) is 0 Å². The van der Waals surface area contributed by atoms with E-state index in [-0.39, 0.29) is 0 Å². The maximum atomic E-state index is 5.58. The molecule has 10 heavy (non-hydrogen) atoms. The molecule has 2 heterocycles. The van der Waals surface area contributed by atoms with Crippen molar-refractivity contribution in [2.24, 2.45) is 0 Å². The number of fused-ring (bicyclic) bond motifs is 1. The lowest BCUT2D eigenvalue weighted by Gasteiger charge is -2.12. The van der Waals surface area contributed by atoms with Crippen molar-refractivity contribution in [1.82, 2.24) is 0 Å². The van der Waals surface area contributed by atoms with E-state index >= 15 is 0 Å². The van der Waals surface area contributed by atoms with Crippen molar-refractivity contribution < 1.29 is 9.47 Å². The van der Waals surface area contributed by atoms with Crippen LogP contribution in [0.2, 0.25) is 0 Å². The van der Waals surface area contributed by atoms with Gasteiger partial charge in [-0.05, 0) is 12.2 Å². The number of ether oxygens (including phenoxy) is 2. The van der Waals surface area contributed by atoms with E-state index in [1.807, 2.05) is 11.8 Å². The van der Waals surface area contributed by atoms with Crippen molar-refractivity contribution in [3.8, 4) is 0 Å². The van der Waals surface area contributed by atoms with Crippen LogP contribution >= 0.6 is 11.8 Å². The summed E-state index contributed by atoms with van der Waals surface area (Å²) in [5.41, 5.74) is 0. The lowest BCUT2D eigenvalue weighted by Crippen LogP contribution is -2.22. The van der Waals surface area contributed by atoms with E-state index in [2.05, 4.69) is 0 Å². The second-order valence-corrected chi connectivity index (χ2v) is 4.03. The molecule has 2 aliphatic rings. The predicted octanol–water partition coefficient (Wildman–Crippen LogP) is 0.907. The van der Waals surface area contributed by atoms with Crippen LogP contribution in [0.1, 0.15) is 6.42 Å². The van der Waals surface area contributed by atoms with Gasteiger partial charge < -0.3 is 9.47 Å². The summed E-state index contributed by atoms with van der Waals surface area (Å²) in [6.07, 6.45) is 1.71. The molecule has 0 bridgehead atoms. The van der Waals surface area contributed by atoms with Crippen LogP contribution in [-0.2, 0) is 9.47 Å². The molecule has 58 valence electrons. The van der Waals surface area contributed by atoms with Crippen molar-refractivity contribution in [2.75, 3.05) is 25.6 Å². The van der Waals surface area contributed by atoms with Crippen LogP contribution in [0.5, 0.6) is 0 Å². The fourth-order valence-corrected chi connectivity index (χ4v) is 2.73. The molecule has 0 spiro atoms. The average Bonchev–Trinajstić information content (AvgIpc) is 2.28. The summed E-state index contributed by atoms with van der Waals surface area (Å²) in [4.78, 5) is 0. The number of hydrogen-bond acceptors (Lipinski definition) is 3. The first-order chi connectivity index (χ1) is 4.97. The van der Waals surface area contributed by atoms with Gasteiger partial charge in [-0.25, -0.2) is 0 Å². The van der Waals surface area contributed by atoms with E-state index < -0.39 is 0 Å². The summed E-state index contributed by atoms with van der Waals surface area (Å²) < 4.78 is 10.9. The van der Waals surface area contributed by atoms with Crippen molar-refractivity contribution >= 4 is 11.8 Å². The second kappa shape index (κ2) is 3.11. The topological polar surface area (TPSA) is 18.5 Å². The summed E-state index contributed by atoms with van der Waals surface area (Å²) in [6, 6.07) is 0. The van der Waals surface area contributed by atoms with Gasteiger partial charge in [0.1, 0.15) is 0 Å². The molecule has 2 fully saturated rings. The molecule has 0 aromatic rings. The molecule has 0 amide bonds. The molecule has 0 radical (unpaired) electrons. The van der Waals surface area contributed by atoms with Crippen LogP contribution in [-0.4, -0.2) is 36.9 Å². The minimum Gasteiger partial charge on any atom is -0.378 e. The summed E-state index contributed by atoms with van der Waals surface area (Å²) >= 11 is 1.99. The molecule has 0 aliphatic carbocycles. The van der Waals surface area contributed by atoms with E-state index in [4.69, 9.17) is 9.47 Å². The molecule has 0 N–H and O–H groups in total. The molecular formula is C7H12O2S. The molecule has 2 nitrogen and oxygen atoms in total. The summed E-state index contributed by atoms with van der Waals surface area (Å²) in [7, 11) is 0. The fraction of sp³-hybridized carbons (Fsp3) is 1.00. The summed E-state index contributed by atoms with van der Waals surface area (Å²) in [5.74, 6) is 1.25.